The van der Waals surface area contributed by atoms with Crippen LogP contribution in [0.1, 0.15) is 22.6 Å². The third-order valence-electron chi connectivity index (χ3n) is 5.97. The van der Waals surface area contributed by atoms with Crippen molar-refractivity contribution in [3.05, 3.63) is 102 Å². The van der Waals surface area contributed by atoms with E-state index in [1.807, 2.05) is 68.8 Å². The fraction of sp³-hybridized carbons (Fsp3) is 0.214. The summed E-state index contributed by atoms with van der Waals surface area (Å²) in [7, 11) is 4.02. The van der Waals surface area contributed by atoms with Gasteiger partial charge < -0.3 is 20.5 Å². The average Bonchev–Trinajstić information content (AvgIpc) is 3.28. The van der Waals surface area contributed by atoms with Gasteiger partial charge in [0.05, 0.1) is 13.0 Å². The predicted octanol–water partition coefficient (Wildman–Crippen LogP) is 3.84. The maximum absolute atomic E-state index is 12.6. The average molecular weight is 455 g/mol. The summed E-state index contributed by atoms with van der Waals surface area (Å²) in [5.74, 6) is -0.415. The number of benzene rings is 3. The second-order valence-corrected chi connectivity index (χ2v) is 8.57. The molecule has 0 aliphatic rings. The summed E-state index contributed by atoms with van der Waals surface area (Å²) in [4.78, 5) is 30.2. The fourth-order valence-corrected chi connectivity index (χ4v) is 4.10. The number of carbonyl (C=O) groups is 2. The van der Waals surface area contributed by atoms with Crippen LogP contribution in [-0.4, -0.2) is 44.0 Å². The Kier molecular flexibility index (Phi) is 7.28. The quantitative estimate of drug-likeness (QED) is 0.360. The topological polar surface area (TPSA) is 77.2 Å². The van der Waals surface area contributed by atoms with Crippen molar-refractivity contribution in [1.82, 2.24) is 15.6 Å². The van der Waals surface area contributed by atoms with Gasteiger partial charge >= 0.3 is 0 Å². The van der Waals surface area contributed by atoms with E-state index in [1.54, 1.807) is 0 Å². The Labute approximate surface area is 200 Å². The van der Waals surface area contributed by atoms with Gasteiger partial charge in [0, 0.05) is 49.3 Å². The molecule has 0 radical (unpaired) electrons. The van der Waals surface area contributed by atoms with Gasteiger partial charge in [-0.15, -0.1) is 0 Å². The molecular formula is C28H30N4O2. The molecule has 34 heavy (non-hydrogen) atoms. The molecule has 1 aromatic heterocycles. The van der Waals surface area contributed by atoms with Crippen LogP contribution in [0.25, 0.3) is 10.9 Å². The molecule has 6 nitrogen and oxygen atoms in total. The van der Waals surface area contributed by atoms with Crippen molar-refractivity contribution in [2.75, 3.05) is 32.1 Å². The highest BCUT2D eigenvalue weighted by Gasteiger charge is 2.19. The second-order valence-electron chi connectivity index (χ2n) is 8.57. The normalized spacial score (nSPS) is 11.7. The largest absolute Gasteiger partial charge is 0.378 e. The van der Waals surface area contributed by atoms with E-state index in [1.165, 1.54) is 0 Å². The van der Waals surface area contributed by atoms with Gasteiger partial charge in [-0.25, -0.2) is 0 Å². The minimum atomic E-state index is -0.212. The maximum Gasteiger partial charge on any atom is 0.239 e. The Balaban J connectivity index is 1.44. The van der Waals surface area contributed by atoms with E-state index in [0.29, 0.717) is 6.54 Å². The summed E-state index contributed by atoms with van der Waals surface area (Å²) in [5.41, 5.74) is 5.34. The molecule has 1 unspecified atom stereocenters. The Bertz CT molecular complexity index is 1250. The molecule has 2 amide bonds. The van der Waals surface area contributed by atoms with Gasteiger partial charge in [-0.3, -0.25) is 9.59 Å². The highest BCUT2D eigenvalue weighted by atomic mass is 16.2. The number of hydrogen-bond acceptors (Lipinski definition) is 3. The molecule has 0 saturated heterocycles. The number of H-pyrrole nitrogens is 1. The molecule has 0 spiro atoms. The van der Waals surface area contributed by atoms with E-state index >= 15 is 0 Å². The van der Waals surface area contributed by atoms with Crippen LogP contribution >= 0.6 is 0 Å². The Hall–Kier alpha value is -4.06. The van der Waals surface area contributed by atoms with Crippen LogP contribution in [-0.2, 0) is 16.0 Å². The predicted molar refractivity (Wildman–Crippen MR) is 137 cm³/mol. The van der Waals surface area contributed by atoms with E-state index < -0.39 is 0 Å². The molecule has 0 aliphatic carbocycles. The van der Waals surface area contributed by atoms with Crippen molar-refractivity contribution in [2.24, 2.45) is 0 Å². The van der Waals surface area contributed by atoms with Crippen LogP contribution in [0, 0.1) is 0 Å². The van der Waals surface area contributed by atoms with Crippen molar-refractivity contribution in [3.8, 4) is 0 Å². The SMILES string of the molecule is CN(C)c1ccc(C(CNC(=O)CNC(=O)Cc2ccccc2)c2c[nH]c3ccccc23)cc1. The zero-order chi connectivity index (χ0) is 23.9. The molecule has 6 heteroatoms. The van der Waals surface area contributed by atoms with Crippen LogP contribution in [0.15, 0.2) is 85.1 Å². The molecule has 0 fully saturated rings. The van der Waals surface area contributed by atoms with Gasteiger partial charge in [-0.1, -0.05) is 60.7 Å². The lowest BCUT2D eigenvalue weighted by Gasteiger charge is -2.20. The summed E-state index contributed by atoms with van der Waals surface area (Å²) < 4.78 is 0. The highest BCUT2D eigenvalue weighted by molar-refractivity contribution is 5.86. The molecule has 174 valence electrons. The summed E-state index contributed by atoms with van der Waals surface area (Å²) in [6, 6.07) is 26.0. The summed E-state index contributed by atoms with van der Waals surface area (Å²) in [5, 5.41) is 6.86. The Morgan fingerprint density at radius 1 is 0.853 bits per heavy atom. The number of nitrogens with zero attached hydrogens (tertiary/aromatic N) is 1. The van der Waals surface area contributed by atoms with Crippen LogP contribution in [0.5, 0.6) is 0 Å². The molecule has 3 aromatic carbocycles. The van der Waals surface area contributed by atoms with Gasteiger partial charge in [-0.05, 0) is 34.9 Å². The molecule has 1 atom stereocenters. The van der Waals surface area contributed by atoms with Gasteiger partial charge in [0.1, 0.15) is 0 Å². The first-order chi connectivity index (χ1) is 16.5. The monoisotopic (exact) mass is 454 g/mol. The maximum atomic E-state index is 12.6. The first-order valence-electron chi connectivity index (χ1n) is 11.4. The Morgan fingerprint density at radius 3 is 2.29 bits per heavy atom. The minimum absolute atomic E-state index is 0.0312. The smallest absolute Gasteiger partial charge is 0.239 e. The van der Waals surface area contributed by atoms with E-state index in [4.69, 9.17) is 0 Å². The van der Waals surface area contributed by atoms with Crippen molar-refractivity contribution < 1.29 is 9.59 Å². The number of hydrogen-bond donors (Lipinski definition) is 3. The van der Waals surface area contributed by atoms with Gasteiger partial charge in [0.25, 0.3) is 0 Å². The molecule has 0 aliphatic heterocycles. The van der Waals surface area contributed by atoms with Crippen molar-refractivity contribution >= 4 is 28.4 Å². The lowest BCUT2D eigenvalue weighted by atomic mass is 9.90. The lowest BCUT2D eigenvalue weighted by molar-refractivity contribution is -0.125. The van der Waals surface area contributed by atoms with Crippen LogP contribution in [0.4, 0.5) is 5.69 Å². The number of amides is 2. The van der Waals surface area contributed by atoms with Crippen molar-refractivity contribution in [1.29, 1.82) is 0 Å². The van der Waals surface area contributed by atoms with E-state index in [2.05, 4.69) is 50.8 Å². The Morgan fingerprint density at radius 2 is 1.56 bits per heavy atom. The molecule has 0 saturated carbocycles. The number of rotatable bonds is 9. The number of para-hydroxylation sites is 1. The van der Waals surface area contributed by atoms with Crippen LogP contribution in [0.3, 0.4) is 0 Å². The van der Waals surface area contributed by atoms with E-state index in [-0.39, 0.29) is 30.7 Å². The summed E-state index contributed by atoms with van der Waals surface area (Å²) in [6.07, 6.45) is 2.27. The van der Waals surface area contributed by atoms with Crippen LogP contribution < -0.4 is 15.5 Å². The number of carbonyl (C=O) groups excluding carboxylic acids is 2. The van der Waals surface area contributed by atoms with Gasteiger partial charge in [0.2, 0.25) is 11.8 Å². The zero-order valence-corrected chi connectivity index (χ0v) is 19.5. The van der Waals surface area contributed by atoms with E-state index in [0.717, 1.165) is 33.3 Å². The summed E-state index contributed by atoms with van der Waals surface area (Å²) >= 11 is 0. The molecule has 1 heterocycles. The number of nitrogens with one attached hydrogen (secondary N) is 3. The number of aromatic nitrogens is 1. The third kappa shape index (κ3) is 5.64. The third-order valence-corrected chi connectivity index (χ3v) is 5.97. The standard InChI is InChI=1S/C28H30N4O2/c1-32(2)22-14-12-21(13-15-22)24(25-18-29-26-11-7-6-10-23(25)26)17-30-28(34)19-31-27(33)16-20-8-4-3-5-9-20/h3-15,18,24,29H,16-17,19H2,1-2H3,(H,30,34)(H,31,33). The number of anilines is 1. The van der Waals surface area contributed by atoms with Gasteiger partial charge in [-0.2, -0.15) is 0 Å². The molecule has 4 rings (SSSR count). The minimum Gasteiger partial charge on any atom is -0.378 e. The number of fused-ring (bicyclic) bond motifs is 1. The summed E-state index contributed by atoms with van der Waals surface area (Å²) in [6.45, 7) is 0.377. The first kappa shape index (κ1) is 23.1. The highest BCUT2D eigenvalue weighted by Crippen LogP contribution is 2.31. The zero-order valence-electron chi connectivity index (χ0n) is 19.5. The van der Waals surface area contributed by atoms with Gasteiger partial charge in [0.15, 0.2) is 0 Å². The van der Waals surface area contributed by atoms with Crippen molar-refractivity contribution in [2.45, 2.75) is 12.3 Å². The van der Waals surface area contributed by atoms with E-state index in [9.17, 15) is 9.59 Å². The molecule has 3 N–H and O–H groups in total. The molecule has 4 aromatic rings. The first-order valence-corrected chi connectivity index (χ1v) is 11.4. The molecule has 0 bridgehead atoms. The molecular weight excluding hydrogens is 424 g/mol. The lowest BCUT2D eigenvalue weighted by Crippen LogP contribution is -2.39. The van der Waals surface area contributed by atoms with Crippen LogP contribution in [0.2, 0.25) is 0 Å². The van der Waals surface area contributed by atoms with Crippen molar-refractivity contribution in [3.63, 3.8) is 0 Å². The second kappa shape index (κ2) is 10.7. The fourth-order valence-electron chi connectivity index (χ4n) is 4.10. The number of aromatic amines is 1.